The van der Waals surface area contributed by atoms with Crippen LogP contribution >= 0.6 is 0 Å². The van der Waals surface area contributed by atoms with Crippen LogP contribution in [0, 0.1) is 5.92 Å². The van der Waals surface area contributed by atoms with Gasteiger partial charge in [0.1, 0.15) is 11.7 Å². The SMILES string of the molecule is O=C(NC1=CC=C(F)CC1)C1CC(S(=O)(=O)N2CCCCC2)=CC=C1F. The van der Waals surface area contributed by atoms with Gasteiger partial charge in [0.05, 0.1) is 10.8 Å². The molecule has 1 heterocycles. The molecule has 0 radical (unpaired) electrons. The fourth-order valence-corrected chi connectivity index (χ4v) is 4.98. The molecule has 2 aliphatic carbocycles. The third-order valence-corrected chi connectivity index (χ3v) is 6.86. The minimum absolute atomic E-state index is 0.0597. The van der Waals surface area contributed by atoms with E-state index in [4.69, 9.17) is 0 Å². The van der Waals surface area contributed by atoms with Gasteiger partial charge in [-0.05, 0) is 43.6 Å². The Kier molecular flexibility index (Phi) is 5.72. The lowest BCUT2D eigenvalue weighted by Gasteiger charge is -2.29. The first kappa shape index (κ1) is 19.0. The number of halogens is 2. The average molecular weight is 384 g/mol. The van der Waals surface area contributed by atoms with Crippen LogP contribution in [0.2, 0.25) is 0 Å². The number of carbonyl (C=O) groups is 1. The molecule has 0 spiro atoms. The number of carbonyl (C=O) groups excluding carboxylic acids is 1. The molecule has 0 aromatic rings. The largest absolute Gasteiger partial charge is 0.329 e. The standard InChI is InChI=1S/C18H22F2N2O3S/c19-13-4-6-14(7-5-13)21-18(23)16-12-15(8-9-17(16)20)26(24,25)22-10-2-1-3-11-22/h4,6,8-9,16H,1-3,5,7,10-12H2,(H,21,23). The lowest BCUT2D eigenvalue weighted by molar-refractivity contribution is -0.123. The number of nitrogens with one attached hydrogen (secondary N) is 1. The number of nitrogens with zero attached hydrogens (tertiary/aromatic N) is 1. The molecule has 1 amide bonds. The molecule has 26 heavy (non-hydrogen) atoms. The predicted octanol–water partition coefficient (Wildman–Crippen LogP) is 3.21. The van der Waals surface area contributed by atoms with E-state index >= 15 is 0 Å². The Morgan fingerprint density at radius 1 is 1.04 bits per heavy atom. The zero-order valence-electron chi connectivity index (χ0n) is 14.4. The molecule has 1 aliphatic heterocycles. The lowest BCUT2D eigenvalue weighted by atomic mass is 9.97. The molecule has 0 aromatic carbocycles. The lowest BCUT2D eigenvalue weighted by Crippen LogP contribution is -2.38. The van der Waals surface area contributed by atoms with Crippen LogP contribution in [0.15, 0.2) is 46.6 Å². The van der Waals surface area contributed by atoms with Gasteiger partial charge in [0, 0.05) is 31.6 Å². The first-order chi connectivity index (χ1) is 12.4. The minimum atomic E-state index is -3.69. The summed E-state index contributed by atoms with van der Waals surface area (Å²) in [5.74, 6) is -2.74. The summed E-state index contributed by atoms with van der Waals surface area (Å²) >= 11 is 0. The van der Waals surface area contributed by atoms with E-state index in [2.05, 4.69) is 5.32 Å². The van der Waals surface area contributed by atoms with Crippen LogP contribution in [0.25, 0.3) is 0 Å². The van der Waals surface area contributed by atoms with Crippen molar-refractivity contribution in [3.8, 4) is 0 Å². The van der Waals surface area contributed by atoms with E-state index in [-0.39, 0.29) is 23.6 Å². The van der Waals surface area contributed by atoms with E-state index in [1.165, 1.54) is 22.5 Å². The molecular formula is C18H22F2N2O3S. The van der Waals surface area contributed by atoms with Crippen molar-refractivity contribution in [3.63, 3.8) is 0 Å². The van der Waals surface area contributed by atoms with Gasteiger partial charge in [0.15, 0.2) is 0 Å². The van der Waals surface area contributed by atoms with Gasteiger partial charge in [-0.1, -0.05) is 6.42 Å². The Bertz CT molecular complexity index is 806. The third kappa shape index (κ3) is 4.12. The van der Waals surface area contributed by atoms with Crippen LogP contribution in [0.4, 0.5) is 8.78 Å². The summed E-state index contributed by atoms with van der Waals surface area (Å²) in [6, 6.07) is 0. The Morgan fingerprint density at radius 3 is 2.42 bits per heavy atom. The van der Waals surface area contributed by atoms with Crippen molar-refractivity contribution >= 4 is 15.9 Å². The van der Waals surface area contributed by atoms with Crippen molar-refractivity contribution in [2.75, 3.05) is 13.1 Å². The molecule has 1 N–H and O–H groups in total. The second kappa shape index (κ2) is 7.84. The van der Waals surface area contributed by atoms with Crippen LogP contribution in [0.1, 0.15) is 38.5 Å². The molecule has 3 aliphatic rings. The van der Waals surface area contributed by atoms with Crippen LogP contribution in [-0.2, 0) is 14.8 Å². The number of rotatable bonds is 4. The summed E-state index contributed by atoms with van der Waals surface area (Å²) in [5.41, 5.74) is 0.499. The van der Waals surface area contributed by atoms with Crippen molar-refractivity contribution in [2.45, 2.75) is 38.5 Å². The molecule has 1 atom stereocenters. The molecule has 5 nitrogen and oxygen atoms in total. The van der Waals surface area contributed by atoms with Gasteiger partial charge in [0.25, 0.3) is 0 Å². The first-order valence-corrected chi connectivity index (χ1v) is 10.2. The van der Waals surface area contributed by atoms with Crippen molar-refractivity contribution < 1.29 is 22.0 Å². The van der Waals surface area contributed by atoms with Crippen LogP contribution in [-0.4, -0.2) is 31.7 Å². The van der Waals surface area contributed by atoms with Crippen LogP contribution < -0.4 is 5.32 Å². The highest BCUT2D eigenvalue weighted by molar-refractivity contribution is 7.93. The molecule has 142 valence electrons. The predicted molar refractivity (Wildman–Crippen MR) is 94.4 cm³/mol. The van der Waals surface area contributed by atoms with Crippen molar-refractivity contribution in [2.24, 2.45) is 5.92 Å². The molecule has 1 unspecified atom stereocenters. The van der Waals surface area contributed by atoms with E-state index < -0.39 is 27.7 Å². The summed E-state index contributed by atoms with van der Waals surface area (Å²) < 4.78 is 54.1. The maximum absolute atomic E-state index is 14.2. The average Bonchev–Trinajstić information content (AvgIpc) is 2.64. The highest BCUT2D eigenvalue weighted by atomic mass is 32.2. The molecular weight excluding hydrogens is 362 g/mol. The summed E-state index contributed by atoms with van der Waals surface area (Å²) in [4.78, 5) is 12.5. The number of hydrogen-bond acceptors (Lipinski definition) is 3. The minimum Gasteiger partial charge on any atom is -0.329 e. The number of hydrogen-bond donors (Lipinski definition) is 1. The number of amides is 1. The molecule has 0 aromatic heterocycles. The van der Waals surface area contributed by atoms with Crippen LogP contribution in [0.5, 0.6) is 0 Å². The van der Waals surface area contributed by atoms with Crippen LogP contribution in [0.3, 0.4) is 0 Å². The zero-order valence-corrected chi connectivity index (χ0v) is 15.2. The fourth-order valence-electron chi connectivity index (χ4n) is 3.30. The normalized spacial score (nSPS) is 24.9. The number of piperidine rings is 1. The second-order valence-corrected chi connectivity index (χ2v) is 8.69. The Hall–Kier alpha value is -1.80. The van der Waals surface area contributed by atoms with Crippen molar-refractivity contribution in [3.05, 3.63) is 46.6 Å². The molecule has 1 fully saturated rings. The maximum Gasteiger partial charge on any atom is 0.239 e. The van der Waals surface area contributed by atoms with Gasteiger partial charge in [-0.3, -0.25) is 4.79 Å². The molecule has 0 saturated carbocycles. The molecule has 8 heteroatoms. The third-order valence-electron chi connectivity index (χ3n) is 4.85. The monoisotopic (exact) mass is 384 g/mol. The second-order valence-electron chi connectivity index (χ2n) is 6.70. The highest BCUT2D eigenvalue weighted by Crippen LogP contribution is 2.32. The quantitative estimate of drug-likeness (QED) is 0.809. The summed E-state index contributed by atoms with van der Waals surface area (Å²) in [6.07, 6.45) is 7.92. The number of sulfonamides is 1. The van der Waals surface area contributed by atoms with Crippen molar-refractivity contribution in [1.82, 2.24) is 9.62 Å². The Labute approximate surface area is 152 Å². The zero-order chi connectivity index (χ0) is 18.7. The number of allylic oxidation sites excluding steroid dienone is 7. The molecule has 1 saturated heterocycles. The van der Waals surface area contributed by atoms with Gasteiger partial charge in [-0.25, -0.2) is 17.2 Å². The van der Waals surface area contributed by atoms with E-state index in [0.29, 0.717) is 25.2 Å². The Morgan fingerprint density at radius 2 is 1.77 bits per heavy atom. The molecule has 3 rings (SSSR count). The van der Waals surface area contributed by atoms with E-state index in [1.54, 1.807) is 0 Å². The van der Waals surface area contributed by atoms with Gasteiger partial charge in [-0.15, -0.1) is 0 Å². The highest BCUT2D eigenvalue weighted by Gasteiger charge is 2.35. The van der Waals surface area contributed by atoms with Gasteiger partial charge >= 0.3 is 0 Å². The summed E-state index contributed by atoms with van der Waals surface area (Å²) in [5, 5.41) is 2.59. The summed E-state index contributed by atoms with van der Waals surface area (Å²) in [7, 11) is -3.69. The van der Waals surface area contributed by atoms with E-state index in [1.807, 2.05) is 0 Å². The smallest absolute Gasteiger partial charge is 0.239 e. The Balaban J connectivity index is 1.72. The maximum atomic E-state index is 14.2. The van der Waals surface area contributed by atoms with Crippen molar-refractivity contribution in [1.29, 1.82) is 0 Å². The van der Waals surface area contributed by atoms with E-state index in [9.17, 15) is 22.0 Å². The first-order valence-electron chi connectivity index (χ1n) is 8.80. The van der Waals surface area contributed by atoms with E-state index in [0.717, 1.165) is 25.3 Å². The fraction of sp³-hybridized carbons (Fsp3) is 0.500. The van der Waals surface area contributed by atoms with Gasteiger partial charge in [-0.2, -0.15) is 4.31 Å². The van der Waals surface area contributed by atoms with Gasteiger partial charge in [0.2, 0.25) is 15.9 Å². The topological polar surface area (TPSA) is 66.5 Å². The summed E-state index contributed by atoms with van der Waals surface area (Å²) in [6.45, 7) is 0.904. The molecule has 0 bridgehead atoms. The van der Waals surface area contributed by atoms with Gasteiger partial charge < -0.3 is 5.32 Å².